The second-order valence-electron chi connectivity index (χ2n) is 9.38. The standard InChI is InChI=1S/C23H40O3Si/c1-18(19(2)15-25-17-21-12-10-9-11-13-21)14-22(24)20(3)16-26-27(7,8)23(4,5)6/h9-13,19-20,22,24H,1,14-17H2,2-8H3/t19-,20+,22+/m1/s1. The number of hydrogen-bond acceptors (Lipinski definition) is 3. The second-order valence-corrected chi connectivity index (χ2v) is 14.2. The first-order chi connectivity index (χ1) is 12.4. The average molecular weight is 393 g/mol. The maximum atomic E-state index is 10.6. The van der Waals surface area contributed by atoms with Gasteiger partial charge < -0.3 is 14.3 Å². The predicted molar refractivity (Wildman–Crippen MR) is 117 cm³/mol. The van der Waals surface area contributed by atoms with E-state index in [9.17, 15) is 5.11 Å². The van der Waals surface area contributed by atoms with Crippen molar-refractivity contribution in [3.8, 4) is 0 Å². The fraction of sp³-hybridized carbons (Fsp3) is 0.652. The van der Waals surface area contributed by atoms with Crippen LogP contribution < -0.4 is 0 Å². The van der Waals surface area contributed by atoms with E-state index in [1.165, 1.54) is 5.56 Å². The molecule has 0 bridgehead atoms. The summed E-state index contributed by atoms with van der Waals surface area (Å²) in [6.07, 6.45) is 0.164. The molecule has 0 saturated heterocycles. The molecule has 0 aliphatic rings. The first kappa shape index (κ1) is 24.1. The van der Waals surface area contributed by atoms with Gasteiger partial charge in [-0.25, -0.2) is 0 Å². The Labute approximate surface area is 167 Å². The molecule has 0 unspecified atom stereocenters. The highest BCUT2D eigenvalue weighted by molar-refractivity contribution is 6.74. The molecule has 0 aliphatic heterocycles. The Morgan fingerprint density at radius 3 is 2.26 bits per heavy atom. The summed E-state index contributed by atoms with van der Waals surface area (Å²) in [5, 5.41) is 10.8. The second kappa shape index (κ2) is 10.6. The van der Waals surface area contributed by atoms with Crippen LogP contribution >= 0.6 is 0 Å². The Morgan fingerprint density at radius 2 is 1.70 bits per heavy atom. The van der Waals surface area contributed by atoms with Crippen LogP contribution in [0.4, 0.5) is 0 Å². The van der Waals surface area contributed by atoms with Crippen LogP contribution in [0.5, 0.6) is 0 Å². The number of aliphatic hydroxyl groups excluding tert-OH is 1. The van der Waals surface area contributed by atoms with Crippen molar-refractivity contribution in [2.24, 2.45) is 11.8 Å². The van der Waals surface area contributed by atoms with Gasteiger partial charge in [-0.15, -0.1) is 0 Å². The van der Waals surface area contributed by atoms with Crippen molar-refractivity contribution in [2.75, 3.05) is 13.2 Å². The van der Waals surface area contributed by atoms with E-state index in [1.54, 1.807) is 0 Å². The van der Waals surface area contributed by atoms with Crippen LogP contribution in [-0.4, -0.2) is 32.7 Å². The predicted octanol–water partition coefficient (Wildman–Crippen LogP) is 5.80. The minimum absolute atomic E-state index is 0.0910. The Kier molecular flexibility index (Phi) is 9.42. The molecule has 3 nitrogen and oxygen atoms in total. The largest absolute Gasteiger partial charge is 0.416 e. The maximum absolute atomic E-state index is 10.6. The Balaban J connectivity index is 2.36. The molecule has 0 fully saturated rings. The zero-order chi connectivity index (χ0) is 20.7. The van der Waals surface area contributed by atoms with Gasteiger partial charge in [0.1, 0.15) is 0 Å². The van der Waals surface area contributed by atoms with Gasteiger partial charge in [-0.1, -0.05) is 77.1 Å². The SMILES string of the molecule is C=C(C[C@H](O)[C@@H](C)CO[Si](C)(C)C(C)(C)C)[C@H](C)COCc1ccccc1. The van der Waals surface area contributed by atoms with Gasteiger partial charge >= 0.3 is 0 Å². The van der Waals surface area contributed by atoms with Crippen LogP contribution in [0, 0.1) is 11.8 Å². The van der Waals surface area contributed by atoms with Crippen LogP contribution in [0.3, 0.4) is 0 Å². The van der Waals surface area contributed by atoms with E-state index >= 15 is 0 Å². The lowest BCUT2D eigenvalue weighted by molar-refractivity contribution is 0.0714. The first-order valence-corrected chi connectivity index (χ1v) is 13.0. The summed E-state index contributed by atoms with van der Waals surface area (Å²) >= 11 is 0. The van der Waals surface area contributed by atoms with Gasteiger partial charge in [0.15, 0.2) is 8.32 Å². The molecule has 0 heterocycles. The minimum Gasteiger partial charge on any atom is -0.416 e. The summed E-state index contributed by atoms with van der Waals surface area (Å²) in [5.41, 5.74) is 2.21. The van der Waals surface area contributed by atoms with Crippen LogP contribution in [0.2, 0.25) is 18.1 Å². The van der Waals surface area contributed by atoms with Crippen LogP contribution in [0.1, 0.15) is 46.6 Å². The zero-order valence-electron chi connectivity index (χ0n) is 18.4. The van der Waals surface area contributed by atoms with E-state index in [4.69, 9.17) is 9.16 Å². The average Bonchev–Trinajstić information content (AvgIpc) is 2.59. The van der Waals surface area contributed by atoms with Crippen LogP contribution in [0.25, 0.3) is 0 Å². The fourth-order valence-corrected chi connectivity index (χ4v) is 3.50. The molecule has 1 aromatic carbocycles. The van der Waals surface area contributed by atoms with E-state index in [-0.39, 0.29) is 16.9 Å². The van der Waals surface area contributed by atoms with Gasteiger partial charge in [0.25, 0.3) is 0 Å². The molecule has 0 aromatic heterocycles. The van der Waals surface area contributed by atoms with Gasteiger partial charge in [0.2, 0.25) is 0 Å². The molecular weight excluding hydrogens is 352 g/mol. The van der Waals surface area contributed by atoms with Crippen molar-refractivity contribution < 1.29 is 14.3 Å². The number of hydrogen-bond donors (Lipinski definition) is 1. The maximum Gasteiger partial charge on any atom is 0.191 e. The van der Waals surface area contributed by atoms with E-state index in [1.807, 2.05) is 18.2 Å². The summed E-state index contributed by atoms with van der Waals surface area (Å²) in [6.45, 7) is 21.4. The number of rotatable bonds is 11. The summed E-state index contributed by atoms with van der Waals surface area (Å²) in [5.74, 6) is 0.310. The highest BCUT2D eigenvalue weighted by Crippen LogP contribution is 2.37. The van der Waals surface area contributed by atoms with Crippen LogP contribution in [-0.2, 0) is 15.8 Å². The van der Waals surface area contributed by atoms with Crippen molar-refractivity contribution in [3.05, 3.63) is 48.0 Å². The molecule has 154 valence electrons. The quantitative estimate of drug-likeness (QED) is 0.382. The molecular formula is C23H40O3Si. The van der Waals surface area contributed by atoms with Gasteiger partial charge in [-0.2, -0.15) is 0 Å². The molecule has 0 saturated carbocycles. The summed E-state index contributed by atoms with van der Waals surface area (Å²) in [4.78, 5) is 0. The van der Waals surface area contributed by atoms with E-state index < -0.39 is 14.4 Å². The third-order valence-corrected chi connectivity index (χ3v) is 10.3. The Morgan fingerprint density at radius 1 is 1.11 bits per heavy atom. The highest BCUT2D eigenvalue weighted by Gasteiger charge is 2.37. The molecule has 0 spiro atoms. The smallest absolute Gasteiger partial charge is 0.191 e. The van der Waals surface area contributed by atoms with E-state index in [2.05, 4.69) is 66.4 Å². The third-order valence-electron chi connectivity index (χ3n) is 5.82. The Hall–Kier alpha value is -0.943. The van der Waals surface area contributed by atoms with Crippen molar-refractivity contribution in [3.63, 3.8) is 0 Å². The molecule has 4 heteroatoms. The van der Waals surface area contributed by atoms with E-state index in [0.29, 0.717) is 26.2 Å². The summed E-state index contributed by atoms with van der Waals surface area (Å²) in [7, 11) is -1.78. The molecule has 0 radical (unpaired) electrons. The number of aliphatic hydroxyl groups is 1. The topological polar surface area (TPSA) is 38.7 Å². The van der Waals surface area contributed by atoms with Crippen LogP contribution in [0.15, 0.2) is 42.5 Å². The molecule has 3 atom stereocenters. The summed E-state index contributed by atoms with van der Waals surface area (Å²) < 4.78 is 12.1. The van der Waals surface area contributed by atoms with Gasteiger partial charge in [0, 0.05) is 18.4 Å². The van der Waals surface area contributed by atoms with Crippen molar-refractivity contribution in [1.82, 2.24) is 0 Å². The lowest BCUT2D eigenvalue weighted by Crippen LogP contribution is -2.42. The number of benzene rings is 1. The molecule has 0 aliphatic carbocycles. The van der Waals surface area contributed by atoms with Gasteiger partial charge in [-0.05, 0) is 30.1 Å². The highest BCUT2D eigenvalue weighted by atomic mass is 28.4. The lowest BCUT2D eigenvalue weighted by atomic mass is 9.93. The molecule has 0 amide bonds. The van der Waals surface area contributed by atoms with Gasteiger partial charge in [-0.3, -0.25) is 0 Å². The van der Waals surface area contributed by atoms with E-state index in [0.717, 1.165) is 5.57 Å². The first-order valence-electron chi connectivity index (χ1n) is 10.1. The Bertz CT molecular complexity index is 563. The van der Waals surface area contributed by atoms with Gasteiger partial charge in [0.05, 0.1) is 19.3 Å². The zero-order valence-corrected chi connectivity index (χ0v) is 19.4. The van der Waals surface area contributed by atoms with Crippen molar-refractivity contribution in [2.45, 2.75) is 71.9 Å². The van der Waals surface area contributed by atoms with Crippen molar-refractivity contribution in [1.29, 1.82) is 0 Å². The minimum atomic E-state index is -1.78. The monoisotopic (exact) mass is 392 g/mol. The third kappa shape index (κ3) is 8.30. The fourth-order valence-electron chi connectivity index (χ4n) is 2.38. The summed E-state index contributed by atoms with van der Waals surface area (Å²) in [6, 6.07) is 10.2. The molecule has 1 rings (SSSR count). The molecule has 1 aromatic rings. The number of ether oxygens (including phenoxy) is 1. The lowest BCUT2D eigenvalue weighted by Gasteiger charge is -2.37. The molecule has 27 heavy (non-hydrogen) atoms. The molecule has 1 N–H and O–H groups in total. The normalized spacial score (nSPS) is 16.0. The van der Waals surface area contributed by atoms with Crippen molar-refractivity contribution >= 4 is 8.32 Å².